The number of benzene rings is 1. The number of thiophene rings is 1. The van der Waals surface area contributed by atoms with Gasteiger partial charge in [-0.05, 0) is 55.5 Å². The quantitative estimate of drug-likeness (QED) is 0.314. The van der Waals surface area contributed by atoms with Crippen LogP contribution in [0.5, 0.6) is 0 Å². The lowest BCUT2D eigenvalue weighted by Crippen LogP contribution is -2.41. The van der Waals surface area contributed by atoms with Gasteiger partial charge in [-0.25, -0.2) is 14.4 Å². The van der Waals surface area contributed by atoms with Gasteiger partial charge in [-0.2, -0.15) is 0 Å². The maximum atomic E-state index is 13.1. The summed E-state index contributed by atoms with van der Waals surface area (Å²) >= 11 is 1.31. The molecule has 0 spiro atoms. The second kappa shape index (κ2) is 10.2. The molecule has 9 heteroatoms. The van der Waals surface area contributed by atoms with E-state index in [0.717, 1.165) is 10.4 Å². The van der Waals surface area contributed by atoms with Gasteiger partial charge in [0, 0.05) is 18.3 Å². The van der Waals surface area contributed by atoms with Crippen LogP contribution in [0.15, 0.2) is 48.8 Å². The SMILES string of the molecule is CC(Cc1ccc(F)cc1)NC(=O)c1ccc(-c2cnc3[nH]cc(C(=O)N[C@@H](C)C(C)(C)C)c3n2)s1. The highest BCUT2D eigenvalue weighted by atomic mass is 32.1. The Kier molecular flexibility index (Phi) is 7.21. The van der Waals surface area contributed by atoms with Crippen LogP contribution in [-0.2, 0) is 6.42 Å². The molecule has 0 bridgehead atoms. The molecule has 0 radical (unpaired) electrons. The molecule has 36 heavy (non-hydrogen) atoms. The largest absolute Gasteiger partial charge is 0.349 e. The Morgan fingerprint density at radius 3 is 2.47 bits per heavy atom. The predicted molar refractivity (Wildman–Crippen MR) is 141 cm³/mol. The molecule has 1 unspecified atom stereocenters. The van der Waals surface area contributed by atoms with Crippen molar-refractivity contribution in [1.82, 2.24) is 25.6 Å². The summed E-state index contributed by atoms with van der Waals surface area (Å²) in [6, 6.07) is 9.69. The van der Waals surface area contributed by atoms with Gasteiger partial charge in [0.05, 0.1) is 27.2 Å². The Hall–Kier alpha value is -3.59. The van der Waals surface area contributed by atoms with E-state index in [2.05, 4.69) is 46.4 Å². The van der Waals surface area contributed by atoms with Gasteiger partial charge in [-0.3, -0.25) is 9.59 Å². The third-order valence-corrected chi connectivity index (χ3v) is 7.29. The van der Waals surface area contributed by atoms with Crippen molar-refractivity contribution in [2.45, 2.75) is 53.1 Å². The zero-order valence-electron chi connectivity index (χ0n) is 21.0. The molecule has 0 aliphatic rings. The summed E-state index contributed by atoms with van der Waals surface area (Å²) < 4.78 is 13.1. The highest BCUT2D eigenvalue weighted by Gasteiger charge is 2.24. The first-order valence-corrected chi connectivity index (χ1v) is 12.6. The van der Waals surface area contributed by atoms with E-state index >= 15 is 0 Å². The minimum absolute atomic E-state index is 0.0325. The van der Waals surface area contributed by atoms with E-state index in [1.54, 1.807) is 30.6 Å². The molecule has 4 rings (SSSR count). The highest BCUT2D eigenvalue weighted by Crippen LogP contribution is 2.28. The lowest BCUT2D eigenvalue weighted by atomic mass is 9.88. The smallest absolute Gasteiger partial charge is 0.261 e. The molecule has 0 saturated carbocycles. The number of hydrogen-bond acceptors (Lipinski definition) is 5. The summed E-state index contributed by atoms with van der Waals surface area (Å²) in [5, 5.41) is 6.02. The number of aromatic nitrogens is 3. The molecule has 188 valence electrons. The number of nitrogens with zero attached hydrogens (tertiary/aromatic N) is 2. The van der Waals surface area contributed by atoms with E-state index in [9.17, 15) is 14.0 Å². The maximum Gasteiger partial charge on any atom is 0.261 e. The molecule has 0 fully saturated rings. The van der Waals surface area contributed by atoms with Crippen LogP contribution in [0.3, 0.4) is 0 Å². The van der Waals surface area contributed by atoms with Crippen molar-refractivity contribution < 1.29 is 14.0 Å². The van der Waals surface area contributed by atoms with Crippen LogP contribution in [0.1, 0.15) is 60.2 Å². The summed E-state index contributed by atoms with van der Waals surface area (Å²) in [4.78, 5) is 39.1. The number of aromatic amines is 1. The molecule has 3 heterocycles. The minimum Gasteiger partial charge on any atom is -0.349 e. The number of carbonyl (C=O) groups is 2. The summed E-state index contributed by atoms with van der Waals surface area (Å²) in [6.45, 7) is 10.1. The molecule has 0 aliphatic heterocycles. The van der Waals surface area contributed by atoms with Crippen molar-refractivity contribution >= 4 is 34.3 Å². The summed E-state index contributed by atoms with van der Waals surface area (Å²) in [7, 11) is 0. The van der Waals surface area contributed by atoms with Crippen LogP contribution in [0.25, 0.3) is 21.7 Å². The lowest BCUT2D eigenvalue weighted by Gasteiger charge is -2.27. The van der Waals surface area contributed by atoms with Gasteiger partial charge in [0.1, 0.15) is 11.3 Å². The van der Waals surface area contributed by atoms with Crippen LogP contribution >= 0.6 is 11.3 Å². The number of halogens is 1. The second-order valence-corrected chi connectivity index (χ2v) is 11.2. The molecule has 3 aromatic heterocycles. The first-order chi connectivity index (χ1) is 17.0. The van der Waals surface area contributed by atoms with Crippen molar-refractivity contribution in [3.8, 4) is 10.6 Å². The fourth-order valence-electron chi connectivity index (χ4n) is 3.59. The molecular weight excluding hydrogens is 477 g/mol. The van der Waals surface area contributed by atoms with Gasteiger partial charge in [0.2, 0.25) is 0 Å². The lowest BCUT2D eigenvalue weighted by molar-refractivity contribution is 0.0909. The van der Waals surface area contributed by atoms with Crippen LogP contribution in [0.4, 0.5) is 4.39 Å². The molecule has 2 amide bonds. The normalized spacial score (nSPS) is 13.4. The fraction of sp³-hybridized carbons (Fsp3) is 0.333. The average Bonchev–Trinajstić information content (AvgIpc) is 3.47. The Labute approximate surface area is 213 Å². The summed E-state index contributed by atoms with van der Waals surface area (Å²) in [5.41, 5.74) is 2.89. The van der Waals surface area contributed by atoms with Crippen LogP contribution in [-0.4, -0.2) is 38.8 Å². The van der Waals surface area contributed by atoms with E-state index in [-0.39, 0.29) is 35.1 Å². The van der Waals surface area contributed by atoms with E-state index in [1.807, 2.05) is 19.9 Å². The number of fused-ring (bicyclic) bond motifs is 1. The highest BCUT2D eigenvalue weighted by molar-refractivity contribution is 7.17. The number of carbonyl (C=O) groups excluding carboxylic acids is 2. The first kappa shape index (κ1) is 25.5. The Morgan fingerprint density at radius 2 is 1.78 bits per heavy atom. The third kappa shape index (κ3) is 5.79. The fourth-order valence-corrected chi connectivity index (χ4v) is 4.46. The molecule has 7 nitrogen and oxygen atoms in total. The van der Waals surface area contributed by atoms with Gasteiger partial charge >= 0.3 is 0 Å². The monoisotopic (exact) mass is 507 g/mol. The topological polar surface area (TPSA) is 99.8 Å². The first-order valence-electron chi connectivity index (χ1n) is 11.8. The summed E-state index contributed by atoms with van der Waals surface area (Å²) in [6.07, 6.45) is 3.84. The molecule has 2 atom stereocenters. The van der Waals surface area contributed by atoms with Gasteiger partial charge < -0.3 is 15.6 Å². The molecule has 0 saturated heterocycles. The predicted octanol–water partition coefficient (Wildman–Crippen LogP) is 5.35. The number of amides is 2. The van der Waals surface area contributed by atoms with Gasteiger partial charge in [-0.1, -0.05) is 32.9 Å². The van der Waals surface area contributed by atoms with Crippen molar-refractivity contribution in [3.63, 3.8) is 0 Å². The van der Waals surface area contributed by atoms with E-state index in [0.29, 0.717) is 33.7 Å². The van der Waals surface area contributed by atoms with Crippen LogP contribution in [0.2, 0.25) is 0 Å². The molecule has 3 N–H and O–H groups in total. The van der Waals surface area contributed by atoms with Gasteiger partial charge in [0.15, 0.2) is 5.65 Å². The van der Waals surface area contributed by atoms with Crippen LogP contribution < -0.4 is 10.6 Å². The number of nitrogens with one attached hydrogen (secondary N) is 3. The second-order valence-electron chi connectivity index (χ2n) is 10.1. The number of H-pyrrole nitrogens is 1. The van der Waals surface area contributed by atoms with Crippen molar-refractivity contribution in [3.05, 3.63) is 70.6 Å². The maximum absolute atomic E-state index is 13.1. The Bertz CT molecular complexity index is 1390. The minimum atomic E-state index is -0.283. The molecule has 4 aromatic rings. The Balaban J connectivity index is 1.48. The van der Waals surface area contributed by atoms with Crippen LogP contribution in [0, 0.1) is 11.2 Å². The van der Waals surface area contributed by atoms with Crippen molar-refractivity contribution in [2.75, 3.05) is 0 Å². The molecule has 1 aromatic carbocycles. The van der Waals surface area contributed by atoms with Gasteiger partial charge in [-0.15, -0.1) is 11.3 Å². The summed E-state index contributed by atoms with van der Waals surface area (Å²) in [5.74, 6) is -0.681. The third-order valence-electron chi connectivity index (χ3n) is 6.19. The molecular formula is C27H30FN5O2S. The zero-order chi connectivity index (χ0) is 26.0. The van der Waals surface area contributed by atoms with E-state index < -0.39 is 0 Å². The standard InChI is InChI=1S/C27H30FN5O2S/c1-15(12-17-6-8-18(28)9-7-17)31-26(35)22-11-10-21(36-22)20-14-30-24-23(33-20)19(13-29-24)25(34)32-16(2)27(3,4)5/h6-11,13-16H,12H2,1-5H3,(H,29,30)(H,31,35)(H,32,34)/t15?,16-/m0/s1. The van der Waals surface area contributed by atoms with E-state index in [4.69, 9.17) is 0 Å². The number of hydrogen-bond donors (Lipinski definition) is 3. The van der Waals surface area contributed by atoms with Crippen molar-refractivity contribution in [1.29, 1.82) is 0 Å². The number of rotatable bonds is 7. The van der Waals surface area contributed by atoms with Crippen molar-refractivity contribution in [2.24, 2.45) is 5.41 Å². The zero-order valence-corrected chi connectivity index (χ0v) is 21.8. The van der Waals surface area contributed by atoms with E-state index in [1.165, 1.54) is 23.5 Å². The van der Waals surface area contributed by atoms with Gasteiger partial charge in [0.25, 0.3) is 11.8 Å². The average molecular weight is 508 g/mol. The molecule has 0 aliphatic carbocycles. The Morgan fingerprint density at radius 1 is 1.06 bits per heavy atom.